The van der Waals surface area contributed by atoms with Crippen LogP contribution < -0.4 is 0 Å². The lowest BCUT2D eigenvalue weighted by Crippen LogP contribution is -1.93. The Kier molecular flexibility index (Phi) is 4.98. The highest BCUT2D eigenvalue weighted by Crippen LogP contribution is 2.12. The van der Waals surface area contributed by atoms with Crippen LogP contribution in [0.15, 0.2) is 53.7 Å². The summed E-state index contributed by atoms with van der Waals surface area (Å²) in [5.74, 6) is 0.0103. The summed E-state index contributed by atoms with van der Waals surface area (Å²) >= 11 is 0. The third kappa shape index (κ3) is 4.24. The molecule has 2 aromatic carbocycles. The van der Waals surface area contributed by atoms with E-state index >= 15 is 0 Å². The number of carbonyl (C=O) groups excluding carboxylic acids is 1. The Morgan fingerprint density at radius 2 is 2.00 bits per heavy atom. The van der Waals surface area contributed by atoms with Crippen LogP contribution in [0.5, 0.6) is 0 Å². The van der Waals surface area contributed by atoms with Crippen LogP contribution in [-0.2, 0) is 11.4 Å². The number of hydrogen-bond donors (Lipinski definition) is 0. The van der Waals surface area contributed by atoms with Crippen molar-refractivity contribution in [1.29, 1.82) is 0 Å². The lowest BCUT2D eigenvalue weighted by molar-refractivity contribution is -0.384. The van der Waals surface area contributed by atoms with Crippen LogP contribution in [0, 0.1) is 10.1 Å². The Hall–Kier alpha value is -3.02. The fourth-order valence-electron chi connectivity index (χ4n) is 1.76. The topological polar surface area (TPSA) is 81.8 Å². The van der Waals surface area contributed by atoms with Gasteiger partial charge in [0.1, 0.15) is 6.61 Å². The molecular formula is C16H14N2O4. The highest BCUT2D eigenvalue weighted by Gasteiger charge is 2.04. The normalized spacial score (nSPS) is 10.6. The Bertz CT molecular complexity index is 708. The Morgan fingerprint density at radius 3 is 2.64 bits per heavy atom. The Balaban J connectivity index is 1.91. The first-order chi connectivity index (χ1) is 10.6. The van der Waals surface area contributed by atoms with Gasteiger partial charge in [-0.05, 0) is 12.5 Å². The maximum absolute atomic E-state index is 11.1. The van der Waals surface area contributed by atoms with Crippen molar-refractivity contribution in [2.45, 2.75) is 13.5 Å². The molecule has 0 bridgehead atoms. The summed E-state index contributed by atoms with van der Waals surface area (Å²) in [6.45, 7) is 1.76. The van der Waals surface area contributed by atoms with Crippen molar-refractivity contribution >= 4 is 17.7 Å². The van der Waals surface area contributed by atoms with Crippen LogP contribution in [0.2, 0.25) is 0 Å². The average Bonchev–Trinajstić information content (AvgIpc) is 2.52. The molecule has 112 valence electrons. The van der Waals surface area contributed by atoms with Gasteiger partial charge in [0.2, 0.25) is 0 Å². The molecule has 0 fully saturated rings. The largest absolute Gasteiger partial charge is 0.391 e. The number of nitrogens with zero attached hydrogens (tertiary/aromatic N) is 2. The van der Waals surface area contributed by atoms with Crippen molar-refractivity contribution in [3.05, 3.63) is 75.3 Å². The molecule has 0 radical (unpaired) electrons. The molecule has 0 spiro atoms. The summed E-state index contributed by atoms with van der Waals surface area (Å²) in [7, 11) is 0. The third-order valence-electron chi connectivity index (χ3n) is 2.95. The predicted octanol–water partition coefficient (Wildman–Crippen LogP) is 3.35. The number of carbonyl (C=O) groups is 1. The summed E-state index contributed by atoms with van der Waals surface area (Å²) in [4.78, 5) is 26.5. The van der Waals surface area contributed by atoms with E-state index in [0.717, 1.165) is 5.56 Å². The third-order valence-corrected chi connectivity index (χ3v) is 2.95. The molecule has 0 N–H and O–H groups in total. The minimum atomic E-state index is -0.464. The number of oxime groups is 1. The minimum absolute atomic E-state index is 0.00349. The van der Waals surface area contributed by atoms with Gasteiger partial charge in [-0.15, -0.1) is 0 Å². The van der Waals surface area contributed by atoms with Crippen molar-refractivity contribution in [3.63, 3.8) is 0 Å². The summed E-state index contributed by atoms with van der Waals surface area (Å²) in [6, 6.07) is 13.1. The predicted molar refractivity (Wildman–Crippen MR) is 81.9 cm³/mol. The van der Waals surface area contributed by atoms with Gasteiger partial charge < -0.3 is 4.84 Å². The first-order valence-corrected chi connectivity index (χ1v) is 6.56. The van der Waals surface area contributed by atoms with Gasteiger partial charge in [0.15, 0.2) is 5.78 Å². The number of rotatable bonds is 6. The van der Waals surface area contributed by atoms with Gasteiger partial charge >= 0.3 is 0 Å². The van der Waals surface area contributed by atoms with Crippen LogP contribution in [-0.4, -0.2) is 16.9 Å². The zero-order valence-electron chi connectivity index (χ0n) is 11.9. The van der Waals surface area contributed by atoms with E-state index in [1.54, 1.807) is 36.4 Å². The minimum Gasteiger partial charge on any atom is -0.391 e. The second-order valence-corrected chi connectivity index (χ2v) is 4.61. The average molecular weight is 298 g/mol. The SMILES string of the molecule is CC(=O)c1ccc(CON=Cc2cccc([N+](=O)[O-])c2)cc1. The molecule has 22 heavy (non-hydrogen) atoms. The number of hydrogen-bond acceptors (Lipinski definition) is 5. The summed E-state index contributed by atoms with van der Waals surface area (Å²) in [6.07, 6.45) is 1.41. The van der Waals surface area contributed by atoms with E-state index in [9.17, 15) is 14.9 Å². The van der Waals surface area contributed by atoms with E-state index in [1.807, 2.05) is 0 Å². The summed E-state index contributed by atoms with van der Waals surface area (Å²) in [5.41, 5.74) is 2.11. The van der Waals surface area contributed by atoms with Crippen LogP contribution in [0.25, 0.3) is 0 Å². The van der Waals surface area contributed by atoms with Crippen molar-refractivity contribution in [3.8, 4) is 0 Å². The van der Waals surface area contributed by atoms with E-state index in [-0.39, 0.29) is 18.1 Å². The van der Waals surface area contributed by atoms with E-state index < -0.39 is 4.92 Å². The van der Waals surface area contributed by atoms with E-state index in [1.165, 1.54) is 25.3 Å². The van der Waals surface area contributed by atoms with Gasteiger partial charge in [0, 0.05) is 23.3 Å². The Morgan fingerprint density at radius 1 is 1.27 bits per heavy atom. The molecule has 0 atom stereocenters. The number of ketones is 1. The molecule has 0 amide bonds. The standard InChI is InChI=1S/C16H14N2O4/c1-12(19)15-7-5-13(6-8-15)11-22-17-10-14-3-2-4-16(9-14)18(20)21/h2-10H,11H2,1H3. The van der Waals surface area contributed by atoms with Gasteiger partial charge in [-0.3, -0.25) is 14.9 Å². The summed E-state index contributed by atoms with van der Waals surface area (Å²) < 4.78 is 0. The van der Waals surface area contributed by atoms with Crippen LogP contribution >= 0.6 is 0 Å². The number of nitro groups is 1. The second-order valence-electron chi connectivity index (χ2n) is 4.61. The lowest BCUT2D eigenvalue weighted by atomic mass is 10.1. The van der Waals surface area contributed by atoms with Gasteiger partial charge in [-0.2, -0.15) is 0 Å². The van der Waals surface area contributed by atoms with E-state index in [4.69, 9.17) is 4.84 Å². The molecule has 0 aliphatic rings. The highest BCUT2D eigenvalue weighted by atomic mass is 16.6. The Labute approximate surface area is 127 Å². The number of nitro benzene ring substituents is 1. The molecule has 0 aliphatic heterocycles. The first-order valence-electron chi connectivity index (χ1n) is 6.56. The number of non-ortho nitro benzene ring substituents is 1. The van der Waals surface area contributed by atoms with Crippen LogP contribution in [0.4, 0.5) is 5.69 Å². The van der Waals surface area contributed by atoms with Crippen molar-refractivity contribution in [1.82, 2.24) is 0 Å². The molecule has 6 heteroatoms. The molecule has 0 saturated carbocycles. The molecule has 0 unspecified atom stereocenters. The molecule has 0 aliphatic carbocycles. The highest BCUT2D eigenvalue weighted by molar-refractivity contribution is 5.94. The number of benzene rings is 2. The molecule has 0 heterocycles. The zero-order chi connectivity index (χ0) is 15.9. The van der Waals surface area contributed by atoms with Crippen molar-refractivity contribution in [2.75, 3.05) is 0 Å². The molecular weight excluding hydrogens is 284 g/mol. The first kappa shape index (κ1) is 15.4. The molecule has 0 saturated heterocycles. The van der Waals surface area contributed by atoms with E-state index in [0.29, 0.717) is 11.1 Å². The maximum Gasteiger partial charge on any atom is 0.270 e. The maximum atomic E-state index is 11.1. The lowest BCUT2D eigenvalue weighted by Gasteiger charge is -2.01. The number of Topliss-reactive ketones (excluding diaryl/α,β-unsaturated/α-hetero) is 1. The molecule has 2 aromatic rings. The quantitative estimate of drug-likeness (QED) is 0.354. The van der Waals surface area contributed by atoms with E-state index in [2.05, 4.69) is 5.16 Å². The van der Waals surface area contributed by atoms with Crippen molar-refractivity contribution in [2.24, 2.45) is 5.16 Å². The van der Waals surface area contributed by atoms with Gasteiger partial charge in [-0.1, -0.05) is 41.6 Å². The fraction of sp³-hybridized carbons (Fsp3) is 0.125. The van der Waals surface area contributed by atoms with Gasteiger partial charge in [0.05, 0.1) is 11.1 Å². The second kappa shape index (κ2) is 7.12. The monoisotopic (exact) mass is 298 g/mol. The van der Waals surface area contributed by atoms with Crippen molar-refractivity contribution < 1.29 is 14.6 Å². The van der Waals surface area contributed by atoms with Crippen LogP contribution in [0.1, 0.15) is 28.4 Å². The smallest absolute Gasteiger partial charge is 0.270 e. The van der Waals surface area contributed by atoms with Gasteiger partial charge in [-0.25, -0.2) is 0 Å². The van der Waals surface area contributed by atoms with Crippen LogP contribution in [0.3, 0.4) is 0 Å². The fourth-order valence-corrected chi connectivity index (χ4v) is 1.76. The molecule has 2 rings (SSSR count). The molecule has 6 nitrogen and oxygen atoms in total. The zero-order valence-corrected chi connectivity index (χ0v) is 11.9. The molecule has 0 aromatic heterocycles. The van der Waals surface area contributed by atoms with Gasteiger partial charge in [0.25, 0.3) is 5.69 Å². The summed E-state index contributed by atoms with van der Waals surface area (Å²) in [5, 5.41) is 14.4.